The Morgan fingerprint density at radius 3 is 2.48 bits per heavy atom. The Bertz CT molecular complexity index is 591. The van der Waals surface area contributed by atoms with E-state index in [-0.39, 0.29) is 17.8 Å². The molecule has 138 valence electrons. The van der Waals surface area contributed by atoms with Gasteiger partial charge in [0.25, 0.3) is 5.91 Å². The smallest absolute Gasteiger partial charge is 0.309 e. The third-order valence-corrected chi connectivity index (χ3v) is 4.61. The van der Waals surface area contributed by atoms with Crippen molar-refractivity contribution in [2.45, 2.75) is 52.6 Å². The van der Waals surface area contributed by atoms with Crippen LogP contribution in [0.15, 0.2) is 24.3 Å². The van der Waals surface area contributed by atoms with E-state index in [1.54, 1.807) is 11.8 Å². The molecule has 0 aromatic heterocycles. The van der Waals surface area contributed by atoms with Crippen LogP contribution in [-0.4, -0.2) is 42.6 Å². The Morgan fingerprint density at radius 1 is 1.20 bits per heavy atom. The van der Waals surface area contributed by atoms with Gasteiger partial charge in [-0.15, -0.1) is 0 Å². The van der Waals surface area contributed by atoms with Gasteiger partial charge in [-0.2, -0.15) is 0 Å². The number of carbonyl (C=O) groups excluding carboxylic acids is 2. The second kappa shape index (κ2) is 8.88. The predicted molar refractivity (Wildman–Crippen MR) is 96.6 cm³/mol. The van der Waals surface area contributed by atoms with Gasteiger partial charge in [-0.05, 0) is 50.3 Å². The molecule has 1 aliphatic rings. The maximum Gasteiger partial charge on any atom is 0.309 e. The van der Waals surface area contributed by atoms with Crippen LogP contribution in [0.3, 0.4) is 0 Å². The zero-order valence-corrected chi connectivity index (χ0v) is 15.7. The zero-order chi connectivity index (χ0) is 18.4. The normalized spacial score (nSPS) is 16.6. The van der Waals surface area contributed by atoms with Crippen LogP contribution in [0.4, 0.5) is 0 Å². The van der Waals surface area contributed by atoms with E-state index in [9.17, 15) is 9.59 Å². The van der Waals surface area contributed by atoms with Gasteiger partial charge in [0, 0.05) is 13.1 Å². The summed E-state index contributed by atoms with van der Waals surface area (Å²) in [4.78, 5) is 26.2. The number of likely N-dealkylation sites (tertiary alicyclic amines) is 1. The molecule has 0 saturated carbocycles. The third-order valence-electron chi connectivity index (χ3n) is 4.61. The first-order chi connectivity index (χ1) is 11.9. The molecule has 1 heterocycles. The summed E-state index contributed by atoms with van der Waals surface area (Å²) >= 11 is 0. The summed E-state index contributed by atoms with van der Waals surface area (Å²) in [5, 5.41) is 0. The zero-order valence-electron chi connectivity index (χ0n) is 15.7. The second-order valence-electron chi connectivity index (χ2n) is 6.84. The highest BCUT2D eigenvalue weighted by Crippen LogP contribution is 2.23. The minimum atomic E-state index is -0.540. The molecule has 1 atom stereocenters. The van der Waals surface area contributed by atoms with Crippen molar-refractivity contribution in [2.75, 3.05) is 19.7 Å². The largest absolute Gasteiger partial charge is 0.481 e. The van der Waals surface area contributed by atoms with Gasteiger partial charge < -0.3 is 14.4 Å². The number of piperidine rings is 1. The highest BCUT2D eigenvalue weighted by atomic mass is 16.5. The lowest BCUT2D eigenvalue weighted by Crippen LogP contribution is -2.45. The molecule has 0 bridgehead atoms. The van der Waals surface area contributed by atoms with E-state index in [1.807, 2.05) is 25.1 Å². The summed E-state index contributed by atoms with van der Waals surface area (Å²) in [6.45, 7) is 9.39. The van der Waals surface area contributed by atoms with Gasteiger partial charge in [-0.1, -0.05) is 26.0 Å². The SMILES string of the molecule is CCOC(=O)C1CCN(C(=O)C(C)Oc2cccc(C(C)C)c2)CC1. The van der Waals surface area contributed by atoms with Gasteiger partial charge in [0.05, 0.1) is 12.5 Å². The van der Waals surface area contributed by atoms with E-state index in [4.69, 9.17) is 9.47 Å². The molecule has 0 aliphatic carbocycles. The Labute approximate surface area is 150 Å². The van der Waals surface area contributed by atoms with Crippen molar-refractivity contribution in [1.29, 1.82) is 0 Å². The fraction of sp³-hybridized carbons (Fsp3) is 0.600. The van der Waals surface area contributed by atoms with Crippen LogP contribution in [0.5, 0.6) is 5.75 Å². The number of nitrogens with zero attached hydrogens (tertiary/aromatic N) is 1. The highest BCUT2D eigenvalue weighted by Gasteiger charge is 2.30. The topological polar surface area (TPSA) is 55.8 Å². The van der Waals surface area contributed by atoms with Gasteiger partial charge >= 0.3 is 5.97 Å². The number of rotatable bonds is 6. The van der Waals surface area contributed by atoms with Crippen LogP contribution in [-0.2, 0) is 14.3 Å². The van der Waals surface area contributed by atoms with Crippen molar-refractivity contribution < 1.29 is 19.1 Å². The number of hydrogen-bond acceptors (Lipinski definition) is 4. The molecule has 5 heteroatoms. The van der Waals surface area contributed by atoms with Crippen LogP contribution in [0, 0.1) is 5.92 Å². The second-order valence-corrected chi connectivity index (χ2v) is 6.84. The Balaban J connectivity index is 1.88. The molecule has 2 rings (SSSR count). The molecule has 1 aliphatic heterocycles. The van der Waals surface area contributed by atoms with Gasteiger partial charge in [0.2, 0.25) is 0 Å². The maximum absolute atomic E-state index is 12.6. The maximum atomic E-state index is 12.6. The number of benzene rings is 1. The van der Waals surface area contributed by atoms with Gasteiger partial charge in [-0.3, -0.25) is 9.59 Å². The number of esters is 1. The summed E-state index contributed by atoms with van der Waals surface area (Å²) in [5.74, 6) is 0.856. The van der Waals surface area contributed by atoms with Crippen LogP contribution < -0.4 is 4.74 Å². The summed E-state index contributed by atoms with van der Waals surface area (Å²) in [6.07, 6.45) is 0.766. The molecule has 0 N–H and O–H groups in total. The molecule has 0 spiro atoms. The van der Waals surface area contributed by atoms with Crippen molar-refractivity contribution in [3.05, 3.63) is 29.8 Å². The standard InChI is InChI=1S/C20H29NO4/c1-5-24-20(23)16-9-11-21(12-10-16)19(22)15(4)25-18-8-6-7-17(13-18)14(2)3/h6-8,13-16H,5,9-12H2,1-4H3. The predicted octanol–water partition coefficient (Wildman–Crippen LogP) is 3.38. The number of amides is 1. The molecule has 1 unspecified atom stereocenters. The summed E-state index contributed by atoms with van der Waals surface area (Å²) in [6, 6.07) is 7.88. The van der Waals surface area contributed by atoms with Crippen LogP contribution >= 0.6 is 0 Å². The molecule has 25 heavy (non-hydrogen) atoms. The van der Waals surface area contributed by atoms with Crippen molar-refractivity contribution in [3.63, 3.8) is 0 Å². The van der Waals surface area contributed by atoms with Gasteiger partial charge in [-0.25, -0.2) is 0 Å². The lowest BCUT2D eigenvalue weighted by Gasteiger charge is -2.32. The van der Waals surface area contributed by atoms with Crippen molar-refractivity contribution in [2.24, 2.45) is 5.92 Å². The fourth-order valence-electron chi connectivity index (χ4n) is 3.05. The van der Waals surface area contributed by atoms with Crippen molar-refractivity contribution in [1.82, 2.24) is 4.90 Å². The van der Waals surface area contributed by atoms with Crippen LogP contribution in [0.1, 0.15) is 52.0 Å². The van der Waals surface area contributed by atoms with Crippen LogP contribution in [0.2, 0.25) is 0 Å². The van der Waals surface area contributed by atoms with Crippen molar-refractivity contribution >= 4 is 11.9 Å². The number of ether oxygens (including phenoxy) is 2. The third kappa shape index (κ3) is 5.21. The molecule has 1 saturated heterocycles. The fourth-order valence-corrected chi connectivity index (χ4v) is 3.05. The molecule has 1 fully saturated rings. The Kier molecular flexibility index (Phi) is 6.85. The van der Waals surface area contributed by atoms with E-state index < -0.39 is 6.10 Å². The number of hydrogen-bond donors (Lipinski definition) is 0. The minimum Gasteiger partial charge on any atom is -0.481 e. The molecular formula is C20H29NO4. The molecule has 0 radical (unpaired) electrons. The average Bonchev–Trinajstić information content (AvgIpc) is 2.61. The Hall–Kier alpha value is -2.04. The summed E-state index contributed by atoms with van der Waals surface area (Å²) in [7, 11) is 0. The molecule has 1 aromatic carbocycles. The molecule has 5 nitrogen and oxygen atoms in total. The van der Waals surface area contributed by atoms with Crippen molar-refractivity contribution in [3.8, 4) is 5.75 Å². The van der Waals surface area contributed by atoms with E-state index in [2.05, 4.69) is 19.9 Å². The number of carbonyl (C=O) groups is 2. The van der Waals surface area contributed by atoms with Crippen LogP contribution in [0.25, 0.3) is 0 Å². The van der Waals surface area contributed by atoms with E-state index >= 15 is 0 Å². The Morgan fingerprint density at radius 2 is 1.88 bits per heavy atom. The first kappa shape index (κ1) is 19.3. The van der Waals surface area contributed by atoms with E-state index in [0.717, 1.165) is 0 Å². The lowest BCUT2D eigenvalue weighted by molar-refractivity contribution is -0.152. The average molecular weight is 347 g/mol. The van der Waals surface area contributed by atoms with Gasteiger partial charge in [0.15, 0.2) is 6.10 Å². The summed E-state index contributed by atoms with van der Waals surface area (Å²) < 4.78 is 10.9. The minimum absolute atomic E-state index is 0.0303. The first-order valence-corrected chi connectivity index (χ1v) is 9.14. The molecule has 1 amide bonds. The lowest BCUT2D eigenvalue weighted by atomic mass is 9.96. The monoisotopic (exact) mass is 347 g/mol. The summed E-state index contributed by atoms with van der Waals surface area (Å²) in [5.41, 5.74) is 1.19. The highest BCUT2D eigenvalue weighted by molar-refractivity contribution is 5.81. The first-order valence-electron chi connectivity index (χ1n) is 9.14. The molecular weight excluding hydrogens is 318 g/mol. The molecule has 1 aromatic rings. The quantitative estimate of drug-likeness (QED) is 0.740. The van der Waals surface area contributed by atoms with E-state index in [1.165, 1.54) is 5.56 Å². The van der Waals surface area contributed by atoms with E-state index in [0.29, 0.717) is 44.2 Å². The van der Waals surface area contributed by atoms with Gasteiger partial charge in [0.1, 0.15) is 5.75 Å².